The van der Waals surface area contributed by atoms with Crippen LogP contribution >= 0.6 is 22.9 Å². The van der Waals surface area contributed by atoms with Crippen LogP contribution in [0.1, 0.15) is 24.9 Å². The highest BCUT2D eigenvalue weighted by molar-refractivity contribution is 7.18. The summed E-state index contributed by atoms with van der Waals surface area (Å²) in [5, 5.41) is 6.03. The van der Waals surface area contributed by atoms with Gasteiger partial charge in [0, 0.05) is 28.7 Å². The number of alkyl halides is 2. The third kappa shape index (κ3) is 3.07. The molecule has 0 bridgehead atoms. The highest BCUT2D eigenvalue weighted by Gasteiger charge is 2.27. The summed E-state index contributed by atoms with van der Waals surface area (Å²) >= 11 is 7.71. The van der Waals surface area contributed by atoms with Crippen molar-refractivity contribution in [3.05, 3.63) is 22.1 Å². The summed E-state index contributed by atoms with van der Waals surface area (Å²) in [6.07, 6.45) is 0. The number of halogens is 3. The maximum absolute atomic E-state index is 13.2. The topological polar surface area (TPSA) is 56.1 Å². The highest BCUT2D eigenvalue weighted by atomic mass is 35.5. The van der Waals surface area contributed by atoms with Crippen LogP contribution in [0.4, 0.5) is 14.6 Å². The molecule has 1 aliphatic rings. The lowest BCUT2D eigenvalue weighted by Gasteiger charge is -2.34. The molecule has 144 valence electrons. The van der Waals surface area contributed by atoms with Gasteiger partial charge in [-0.2, -0.15) is 18.9 Å². The molecule has 1 saturated heterocycles. The monoisotopic (exact) mass is 413 g/mol. The van der Waals surface area contributed by atoms with Gasteiger partial charge in [0.05, 0.1) is 35.2 Å². The van der Waals surface area contributed by atoms with Crippen molar-refractivity contribution in [2.75, 3.05) is 24.7 Å². The molecular formula is C17H18ClF2N5OS. The van der Waals surface area contributed by atoms with Crippen LogP contribution < -0.4 is 4.90 Å². The number of anilines is 1. The van der Waals surface area contributed by atoms with Crippen molar-refractivity contribution >= 4 is 39.0 Å². The van der Waals surface area contributed by atoms with E-state index >= 15 is 0 Å². The SMILES string of the molecule is Cc1nn(C(F)F)c(C)c1-c1csc2c(N3CCOC[C@H]3C)nc(Cl)nc12. The summed E-state index contributed by atoms with van der Waals surface area (Å²) in [5.41, 5.74) is 3.01. The number of hydrogen-bond acceptors (Lipinski definition) is 6. The maximum atomic E-state index is 13.2. The Labute approximate surface area is 163 Å². The average molecular weight is 414 g/mol. The Balaban J connectivity index is 1.90. The molecule has 0 radical (unpaired) electrons. The van der Waals surface area contributed by atoms with Crippen molar-refractivity contribution in [2.24, 2.45) is 0 Å². The molecule has 4 rings (SSSR count). The summed E-state index contributed by atoms with van der Waals surface area (Å²) in [5.74, 6) is 0.758. The first-order valence-electron chi connectivity index (χ1n) is 8.51. The molecule has 1 fully saturated rings. The first kappa shape index (κ1) is 18.5. The molecule has 27 heavy (non-hydrogen) atoms. The molecule has 0 saturated carbocycles. The zero-order chi connectivity index (χ0) is 19.3. The van der Waals surface area contributed by atoms with Crippen LogP contribution in [0.25, 0.3) is 21.3 Å². The number of thiophene rings is 1. The molecule has 1 aliphatic heterocycles. The molecule has 0 N–H and O–H groups in total. The zero-order valence-electron chi connectivity index (χ0n) is 15.0. The Bertz CT molecular complexity index is 1010. The van der Waals surface area contributed by atoms with Crippen LogP contribution in [0.3, 0.4) is 0 Å². The summed E-state index contributed by atoms with van der Waals surface area (Å²) < 4.78 is 33.6. The summed E-state index contributed by atoms with van der Waals surface area (Å²) in [6.45, 7) is 4.67. The van der Waals surface area contributed by atoms with Crippen LogP contribution in [0, 0.1) is 13.8 Å². The number of aromatic nitrogens is 4. The molecule has 3 aromatic rings. The van der Waals surface area contributed by atoms with E-state index in [0.29, 0.717) is 42.2 Å². The van der Waals surface area contributed by atoms with Crippen LogP contribution in [0.15, 0.2) is 5.38 Å². The molecule has 0 aromatic carbocycles. The second-order valence-electron chi connectivity index (χ2n) is 6.53. The lowest BCUT2D eigenvalue weighted by atomic mass is 10.1. The van der Waals surface area contributed by atoms with Crippen molar-refractivity contribution in [1.82, 2.24) is 19.7 Å². The van der Waals surface area contributed by atoms with E-state index in [2.05, 4.69) is 26.9 Å². The van der Waals surface area contributed by atoms with Crippen molar-refractivity contribution in [3.8, 4) is 11.1 Å². The van der Waals surface area contributed by atoms with Gasteiger partial charge in [0.25, 0.3) is 0 Å². The average Bonchev–Trinajstić information content (AvgIpc) is 3.15. The third-order valence-corrected chi connectivity index (χ3v) is 5.92. The quantitative estimate of drug-likeness (QED) is 0.594. The number of aryl methyl sites for hydroxylation is 1. The minimum Gasteiger partial charge on any atom is -0.377 e. The van der Waals surface area contributed by atoms with E-state index in [1.807, 2.05) is 5.38 Å². The van der Waals surface area contributed by atoms with Gasteiger partial charge >= 0.3 is 6.55 Å². The number of hydrogen-bond donors (Lipinski definition) is 0. The second kappa shape index (κ2) is 6.96. The van der Waals surface area contributed by atoms with Crippen LogP contribution in [0.5, 0.6) is 0 Å². The molecule has 10 heteroatoms. The predicted octanol–water partition coefficient (Wildman–Crippen LogP) is 4.45. The summed E-state index contributed by atoms with van der Waals surface area (Å²) in [4.78, 5) is 11.0. The first-order valence-corrected chi connectivity index (χ1v) is 9.77. The Kier molecular flexibility index (Phi) is 4.77. The highest BCUT2D eigenvalue weighted by Crippen LogP contribution is 2.41. The lowest BCUT2D eigenvalue weighted by molar-refractivity contribution is 0.0542. The largest absolute Gasteiger partial charge is 0.377 e. The van der Waals surface area contributed by atoms with E-state index in [0.717, 1.165) is 20.8 Å². The van der Waals surface area contributed by atoms with Gasteiger partial charge in [-0.05, 0) is 32.4 Å². The van der Waals surface area contributed by atoms with Gasteiger partial charge in [-0.1, -0.05) is 0 Å². The van der Waals surface area contributed by atoms with Crippen LogP contribution in [-0.4, -0.2) is 45.5 Å². The maximum Gasteiger partial charge on any atom is 0.333 e. The van der Waals surface area contributed by atoms with Gasteiger partial charge in [-0.25, -0.2) is 9.67 Å². The molecule has 6 nitrogen and oxygen atoms in total. The Morgan fingerprint density at radius 1 is 1.33 bits per heavy atom. The smallest absolute Gasteiger partial charge is 0.333 e. The molecule has 4 heterocycles. The van der Waals surface area contributed by atoms with E-state index in [-0.39, 0.29) is 11.3 Å². The van der Waals surface area contributed by atoms with Crippen molar-refractivity contribution in [2.45, 2.75) is 33.4 Å². The van der Waals surface area contributed by atoms with Gasteiger partial charge in [0.2, 0.25) is 5.28 Å². The van der Waals surface area contributed by atoms with Crippen LogP contribution in [0.2, 0.25) is 5.28 Å². The minimum atomic E-state index is -2.69. The molecule has 0 spiro atoms. The molecular weight excluding hydrogens is 396 g/mol. The van der Waals surface area contributed by atoms with Gasteiger partial charge in [-0.15, -0.1) is 11.3 Å². The van der Waals surface area contributed by atoms with Crippen LogP contribution in [-0.2, 0) is 4.74 Å². The molecule has 0 amide bonds. The minimum absolute atomic E-state index is 0.132. The lowest BCUT2D eigenvalue weighted by Crippen LogP contribution is -2.44. The number of fused-ring (bicyclic) bond motifs is 1. The van der Waals surface area contributed by atoms with Gasteiger partial charge < -0.3 is 9.64 Å². The number of rotatable bonds is 3. The number of morpholine rings is 1. The van der Waals surface area contributed by atoms with E-state index in [1.165, 1.54) is 11.3 Å². The van der Waals surface area contributed by atoms with Crippen molar-refractivity contribution in [1.29, 1.82) is 0 Å². The first-order chi connectivity index (χ1) is 12.9. The Hall–Kier alpha value is -1.84. The second-order valence-corrected chi connectivity index (χ2v) is 7.75. The van der Waals surface area contributed by atoms with E-state index < -0.39 is 6.55 Å². The Morgan fingerprint density at radius 2 is 2.11 bits per heavy atom. The number of nitrogens with zero attached hydrogens (tertiary/aromatic N) is 5. The third-order valence-electron chi connectivity index (χ3n) is 4.79. The molecule has 0 unspecified atom stereocenters. The van der Waals surface area contributed by atoms with Gasteiger partial charge in [0.15, 0.2) is 5.82 Å². The molecule has 0 aliphatic carbocycles. The normalized spacial score (nSPS) is 18.0. The molecule has 3 aromatic heterocycles. The Morgan fingerprint density at radius 3 is 2.78 bits per heavy atom. The fraction of sp³-hybridized carbons (Fsp3) is 0.471. The summed E-state index contributed by atoms with van der Waals surface area (Å²) in [7, 11) is 0. The van der Waals surface area contributed by atoms with E-state index in [9.17, 15) is 8.78 Å². The molecule has 1 atom stereocenters. The van der Waals surface area contributed by atoms with Gasteiger partial charge in [-0.3, -0.25) is 0 Å². The predicted molar refractivity (Wildman–Crippen MR) is 102 cm³/mol. The van der Waals surface area contributed by atoms with Gasteiger partial charge in [0.1, 0.15) is 0 Å². The number of ether oxygens (including phenoxy) is 1. The zero-order valence-corrected chi connectivity index (χ0v) is 16.6. The fourth-order valence-corrected chi connectivity index (χ4v) is 4.70. The van der Waals surface area contributed by atoms with E-state index in [1.54, 1.807) is 13.8 Å². The fourth-order valence-electron chi connectivity index (χ4n) is 3.53. The van der Waals surface area contributed by atoms with Crippen molar-refractivity contribution < 1.29 is 13.5 Å². The van der Waals surface area contributed by atoms with E-state index in [4.69, 9.17) is 16.3 Å². The standard InChI is InChI=1S/C17H18ClF2N5OS/c1-8-6-26-5-4-24(8)15-14-13(21-16(18)22-15)11(7-27-14)12-9(2)23-25(10(12)3)17(19)20/h7-8,17H,4-6H2,1-3H3/t8-/m1/s1. The summed E-state index contributed by atoms with van der Waals surface area (Å²) in [6, 6.07) is 0.156. The van der Waals surface area contributed by atoms with Crippen molar-refractivity contribution in [3.63, 3.8) is 0 Å².